The Bertz CT molecular complexity index is 629. The average Bonchev–Trinajstić information content (AvgIpc) is 3.04. The Morgan fingerprint density at radius 3 is 2.82 bits per heavy atom. The summed E-state index contributed by atoms with van der Waals surface area (Å²) in [5.41, 5.74) is 1.19. The SMILES string of the molecule is Cn1nc(Br)c2ccc(C3(C(=O)O)CC3)cc21. The Kier molecular flexibility index (Phi) is 2.10. The molecule has 3 rings (SSSR count). The van der Waals surface area contributed by atoms with Crippen molar-refractivity contribution in [2.75, 3.05) is 0 Å². The van der Waals surface area contributed by atoms with E-state index in [4.69, 9.17) is 0 Å². The molecule has 0 spiro atoms. The number of carboxylic acid groups (broad SMARTS) is 1. The smallest absolute Gasteiger partial charge is 0.314 e. The molecule has 1 aliphatic rings. The molecule has 2 aromatic rings. The van der Waals surface area contributed by atoms with Crippen LogP contribution in [0, 0.1) is 0 Å². The topological polar surface area (TPSA) is 55.1 Å². The van der Waals surface area contributed by atoms with Gasteiger partial charge in [0.05, 0.1) is 10.9 Å². The van der Waals surface area contributed by atoms with Crippen molar-refractivity contribution in [1.29, 1.82) is 0 Å². The second-order valence-electron chi connectivity index (χ2n) is 4.53. The molecule has 1 N–H and O–H groups in total. The number of carbonyl (C=O) groups is 1. The maximum atomic E-state index is 11.3. The molecule has 0 radical (unpaired) electrons. The molecule has 1 saturated carbocycles. The molecule has 1 fully saturated rings. The van der Waals surface area contributed by atoms with Crippen LogP contribution in [-0.4, -0.2) is 20.9 Å². The number of aryl methyl sites for hydroxylation is 1. The predicted octanol–water partition coefficient (Wildman–Crippen LogP) is 2.45. The summed E-state index contributed by atoms with van der Waals surface area (Å²) < 4.78 is 2.56. The van der Waals surface area contributed by atoms with E-state index in [2.05, 4.69) is 21.0 Å². The number of benzene rings is 1. The number of rotatable bonds is 2. The first-order valence-electron chi connectivity index (χ1n) is 5.41. The van der Waals surface area contributed by atoms with Crippen LogP contribution in [0.2, 0.25) is 0 Å². The highest BCUT2D eigenvalue weighted by atomic mass is 79.9. The number of hydrogen-bond donors (Lipinski definition) is 1. The van der Waals surface area contributed by atoms with Crippen LogP contribution in [0.1, 0.15) is 18.4 Å². The molecule has 0 amide bonds. The van der Waals surface area contributed by atoms with Gasteiger partial charge in [0.2, 0.25) is 0 Å². The van der Waals surface area contributed by atoms with Crippen LogP contribution >= 0.6 is 15.9 Å². The monoisotopic (exact) mass is 294 g/mol. The van der Waals surface area contributed by atoms with Crippen molar-refractivity contribution < 1.29 is 9.90 Å². The van der Waals surface area contributed by atoms with Crippen LogP contribution in [-0.2, 0) is 17.3 Å². The van der Waals surface area contributed by atoms with E-state index in [1.165, 1.54) is 0 Å². The molecule has 4 nitrogen and oxygen atoms in total. The van der Waals surface area contributed by atoms with E-state index < -0.39 is 11.4 Å². The van der Waals surface area contributed by atoms with E-state index in [-0.39, 0.29) is 0 Å². The third-order valence-corrected chi connectivity index (χ3v) is 4.10. The van der Waals surface area contributed by atoms with Gasteiger partial charge in [-0.05, 0) is 46.5 Å². The highest BCUT2D eigenvalue weighted by molar-refractivity contribution is 9.10. The first kappa shape index (κ1) is 10.8. The van der Waals surface area contributed by atoms with Gasteiger partial charge in [0.1, 0.15) is 4.60 Å². The van der Waals surface area contributed by atoms with E-state index >= 15 is 0 Å². The molecule has 1 heterocycles. The van der Waals surface area contributed by atoms with Crippen LogP contribution in [0.4, 0.5) is 0 Å². The fraction of sp³-hybridized carbons (Fsp3) is 0.333. The van der Waals surface area contributed by atoms with Crippen LogP contribution < -0.4 is 0 Å². The largest absolute Gasteiger partial charge is 0.481 e. The second kappa shape index (κ2) is 3.32. The summed E-state index contributed by atoms with van der Waals surface area (Å²) in [4.78, 5) is 11.3. The number of halogens is 1. The molecule has 0 saturated heterocycles. The number of nitrogens with zero attached hydrogens (tertiary/aromatic N) is 2. The molecular weight excluding hydrogens is 284 g/mol. The zero-order valence-electron chi connectivity index (χ0n) is 9.27. The third kappa shape index (κ3) is 1.42. The number of aliphatic carboxylic acids is 1. The molecule has 1 aliphatic carbocycles. The fourth-order valence-electron chi connectivity index (χ4n) is 2.26. The van der Waals surface area contributed by atoms with Crippen LogP contribution in [0.15, 0.2) is 22.8 Å². The van der Waals surface area contributed by atoms with Gasteiger partial charge in [-0.2, -0.15) is 5.10 Å². The lowest BCUT2D eigenvalue weighted by Crippen LogP contribution is -2.19. The van der Waals surface area contributed by atoms with Gasteiger partial charge in [-0.1, -0.05) is 6.07 Å². The predicted molar refractivity (Wildman–Crippen MR) is 67.0 cm³/mol. The first-order valence-corrected chi connectivity index (χ1v) is 6.20. The highest BCUT2D eigenvalue weighted by Crippen LogP contribution is 2.49. The number of hydrogen-bond acceptors (Lipinski definition) is 2. The molecule has 1 aromatic carbocycles. The highest BCUT2D eigenvalue weighted by Gasteiger charge is 2.51. The molecule has 88 valence electrons. The second-order valence-corrected chi connectivity index (χ2v) is 5.28. The van der Waals surface area contributed by atoms with Gasteiger partial charge in [-0.15, -0.1) is 0 Å². The summed E-state index contributed by atoms with van der Waals surface area (Å²) in [6.45, 7) is 0. The quantitative estimate of drug-likeness (QED) is 0.926. The van der Waals surface area contributed by atoms with Gasteiger partial charge in [0.15, 0.2) is 0 Å². The lowest BCUT2D eigenvalue weighted by atomic mass is 9.95. The minimum atomic E-state index is -0.724. The molecular formula is C12H11BrN2O2. The van der Waals surface area contributed by atoms with Gasteiger partial charge in [-0.25, -0.2) is 0 Å². The van der Waals surface area contributed by atoms with E-state index in [1.807, 2.05) is 25.2 Å². The minimum absolute atomic E-state index is 0.648. The van der Waals surface area contributed by atoms with Gasteiger partial charge in [0, 0.05) is 12.4 Å². The Labute approximate surface area is 106 Å². The van der Waals surface area contributed by atoms with Crippen LogP contribution in [0.3, 0.4) is 0 Å². The zero-order valence-corrected chi connectivity index (χ0v) is 10.9. The summed E-state index contributed by atoms with van der Waals surface area (Å²) >= 11 is 3.39. The van der Waals surface area contributed by atoms with Crippen molar-refractivity contribution >= 4 is 32.8 Å². The molecule has 1 aromatic heterocycles. The van der Waals surface area contributed by atoms with Gasteiger partial charge < -0.3 is 5.11 Å². The van der Waals surface area contributed by atoms with E-state index in [0.29, 0.717) is 0 Å². The van der Waals surface area contributed by atoms with Gasteiger partial charge in [-0.3, -0.25) is 9.48 Å². The van der Waals surface area contributed by atoms with E-state index in [9.17, 15) is 9.90 Å². The van der Waals surface area contributed by atoms with Crippen LogP contribution in [0.25, 0.3) is 10.9 Å². The minimum Gasteiger partial charge on any atom is -0.481 e. The summed E-state index contributed by atoms with van der Waals surface area (Å²) in [6.07, 6.45) is 1.46. The molecule has 5 heteroatoms. The standard InChI is InChI=1S/C12H11BrN2O2/c1-15-9-6-7(12(4-5-12)11(16)17)2-3-8(9)10(13)14-15/h2-3,6H,4-5H2,1H3,(H,16,17). The van der Waals surface area contributed by atoms with Crippen molar-refractivity contribution in [2.45, 2.75) is 18.3 Å². The van der Waals surface area contributed by atoms with Crippen molar-refractivity contribution in [1.82, 2.24) is 9.78 Å². The lowest BCUT2D eigenvalue weighted by molar-refractivity contribution is -0.140. The van der Waals surface area contributed by atoms with Crippen LogP contribution in [0.5, 0.6) is 0 Å². The number of carboxylic acids is 1. The zero-order chi connectivity index (χ0) is 12.2. The van der Waals surface area contributed by atoms with Crippen molar-refractivity contribution in [3.05, 3.63) is 28.4 Å². The Morgan fingerprint density at radius 1 is 1.53 bits per heavy atom. The van der Waals surface area contributed by atoms with E-state index in [0.717, 1.165) is 33.9 Å². The van der Waals surface area contributed by atoms with Gasteiger partial charge >= 0.3 is 5.97 Å². The number of fused-ring (bicyclic) bond motifs is 1. The van der Waals surface area contributed by atoms with Crippen molar-refractivity contribution in [3.8, 4) is 0 Å². The number of aromatic nitrogens is 2. The maximum absolute atomic E-state index is 11.3. The van der Waals surface area contributed by atoms with Crippen molar-refractivity contribution in [3.63, 3.8) is 0 Å². The summed E-state index contributed by atoms with van der Waals surface area (Å²) in [6, 6.07) is 5.77. The van der Waals surface area contributed by atoms with E-state index in [1.54, 1.807) is 4.68 Å². The molecule has 0 aliphatic heterocycles. The Hall–Kier alpha value is -1.36. The molecule has 0 unspecified atom stereocenters. The normalized spacial score (nSPS) is 17.3. The third-order valence-electron chi connectivity index (χ3n) is 3.52. The average molecular weight is 295 g/mol. The molecule has 0 bridgehead atoms. The lowest BCUT2D eigenvalue weighted by Gasteiger charge is -2.10. The summed E-state index contributed by atoms with van der Waals surface area (Å²) in [7, 11) is 1.86. The molecule has 0 atom stereocenters. The Balaban J connectivity index is 2.21. The summed E-state index contributed by atoms with van der Waals surface area (Å²) in [5.74, 6) is -0.724. The first-order chi connectivity index (χ1) is 8.04. The van der Waals surface area contributed by atoms with Crippen molar-refractivity contribution in [2.24, 2.45) is 7.05 Å². The maximum Gasteiger partial charge on any atom is 0.314 e. The van der Waals surface area contributed by atoms with Gasteiger partial charge in [0.25, 0.3) is 0 Å². The Morgan fingerprint density at radius 2 is 2.24 bits per heavy atom. The fourth-order valence-corrected chi connectivity index (χ4v) is 2.84. The summed E-state index contributed by atoms with van der Waals surface area (Å²) in [5, 5.41) is 14.5. The molecule has 17 heavy (non-hydrogen) atoms.